The lowest BCUT2D eigenvalue weighted by Crippen LogP contribution is -2.46. The zero-order chi connectivity index (χ0) is 28.1. The molecule has 2 atom stereocenters. The Kier molecular flexibility index (Phi) is 8.27. The van der Waals surface area contributed by atoms with E-state index in [0.717, 1.165) is 18.4 Å². The van der Waals surface area contributed by atoms with Gasteiger partial charge in [-0.1, -0.05) is 47.8 Å². The number of halogens is 4. The summed E-state index contributed by atoms with van der Waals surface area (Å²) < 4.78 is 0.646. The maximum atomic E-state index is 13.7. The van der Waals surface area contributed by atoms with Gasteiger partial charge >= 0.3 is 0 Å². The van der Waals surface area contributed by atoms with Gasteiger partial charge in [-0.2, -0.15) is 0 Å². The van der Waals surface area contributed by atoms with Crippen molar-refractivity contribution < 1.29 is 14.4 Å². The van der Waals surface area contributed by atoms with Crippen LogP contribution in [0.4, 0.5) is 0 Å². The summed E-state index contributed by atoms with van der Waals surface area (Å²) in [6.07, 6.45) is 3.23. The first-order valence-corrected chi connectivity index (χ1v) is 15.2. The van der Waals surface area contributed by atoms with E-state index in [2.05, 4.69) is 15.9 Å². The first-order chi connectivity index (χ1) is 18.5. The van der Waals surface area contributed by atoms with Crippen molar-refractivity contribution in [3.8, 4) is 0 Å². The Labute approximate surface area is 252 Å². The van der Waals surface area contributed by atoms with Crippen molar-refractivity contribution in [2.75, 3.05) is 33.2 Å². The quantitative estimate of drug-likeness (QED) is 0.369. The SMILES string of the molecule is CN(C(=O)c1ccc(Cl)c(Br)c1)[C@H]1CN(C(=O)C2CCN(C(=O)C3(C)CC3)CC2)C[C@@H]1c1ccc(Cl)c(Cl)c1. The molecule has 1 aliphatic carbocycles. The van der Waals surface area contributed by atoms with Gasteiger partial charge in [-0.3, -0.25) is 14.4 Å². The summed E-state index contributed by atoms with van der Waals surface area (Å²) in [7, 11) is 1.77. The van der Waals surface area contributed by atoms with Crippen LogP contribution in [0.5, 0.6) is 0 Å². The molecule has 3 aliphatic rings. The summed E-state index contributed by atoms with van der Waals surface area (Å²) in [5.74, 6) is -0.116. The van der Waals surface area contributed by atoms with E-state index in [-0.39, 0.29) is 41.0 Å². The fourth-order valence-electron chi connectivity index (χ4n) is 5.78. The standard InChI is InChI=1S/C29H31BrCl3N3O3/c1-29(9-10-29)28(39)35-11-7-17(8-12-35)27(38)36-15-20(18-3-6-23(32)24(33)14-18)25(16-36)34(2)26(37)19-4-5-22(31)21(30)13-19/h3-6,13-14,17,20,25H,7-12,15-16H2,1-2H3/t20-,25+/m1/s1. The maximum Gasteiger partial charge on any atom is 0.253 e. The first-order valence-electron chi connectivity index (χ1n) is 13.2. The van der Waals surface area contributed by atoms with Crippen molar-refractivity contribution in [3.63, 3.8) is 0 Å². The van der Waals surface area contributed by atoms with E-state index >= 15 is 0 Å². The molecule has 2 aliphatic heterocycles. The molecule has 0 aromatic heterocycles. The molecule has 0 N–H and O–H groups in total. The second-order valence-corrected chi connectivity index (χ2v) is 13.3. The molecule has 2 aromatic carbocycles. The van der Waals surface area contributed by atoms with Crippen LogP contribution in [0.3, 0.4) is 0 Å². The maximum absolute atomic E-state index is 13.7. The number of hydrogen-bond donors (Lipinski definition) is 0. The molecule has 3 fully saturated rings. The summed E-state index contributed by atoms with van der Waals surface area (Å²) in [6.45, 7) is 4.14. The van der Waals surface area contributed by atoms with E-state index in [0.29, 0.717) is 64.1 Å². The smallest absolute Gasteiger partial charge is 0.253 e. The Morgan fingerprint density at radius 2 is 1.59 bits per heavy atom. The molecular weight excluding hydrogens is 625 g/mol. The highest BCUT2D eigenvalue weighted by atomic mass is 79.9. The normalized spacial score (nSPS) is 22.6. The van der Waals surface area contributed by atoms with Crippen LogP contribution in [0.1, 0.15) is 54.4 Å². The minimum absolute atomic E-state index is 0.0855. The number of hydrogen-bond acceptors (Lipinski definition) is 3. The van der Waals surface area contributed by atoms with Crippen molar-refractivity contribution in [1.82, 2.24) is 14.7 Å². The van der Waals surface area contributed by atoms with Crippen molar-refractivity contribution in [3.05, 3.63) is 67.1 Å². The number of rotatable bonds is 5. The minimum Gasteiger partial charge on any atom is -0.342 e. The third-order valence-electron chi connectivity index (χ3n) is 8.60. The molecule has 10 heteroatoms. The molecule has 1 saturated carbocycles. The van der Waals surface area contributed by atoms with E-state index < -0.39 is 0 Å². The molecule has 5 rings (SSSR count). The lowest BCUT2D eigenvalue weighted by molar-refractivity contribution is -0.142. The van der Waals surface area contributed by atoms with Crippen molar-refractivity contribution in [2.24, 2.45) is 11.3 Å². The zero-order valence-corrected chi connectivity index (χ0v) is 25.8. The largest absolute Gasteiger partial charge is 0.342 e. The Morgan fingerprint density at radius 1 is 0.923 bits per heavy atom. The molecule has 0 spiro atoms. The number of benzene rings is 2. The van der Waals surface area contributed by atoms with E-state index in [4.69, 9.17) is 34.8 Å². The first kappa shape index (κ1) is 28.7. The van der Waals surface area contributed by atoms with E-state index in [1.54, 1.807) is 36.2 Å². The molecule has 0 bridgehead atoms. The van der Waals surface area contributed by atoms with Crippen LogP contribution in [-0.2, 0) is 9.59 Å². The van der Waals surface area contributed by atoms with Gasteiger partial charge in [-0.05, 0) is 77.5 Å². The zero-order valence-electron chi connectivity index (χ0n) is 21.9. The van der Waals surface area contributed by atoms with Gasteiger partial charge in [0.2, 0.25) is 11.8 Å². The fourth-order valence-corrected chi connectivity index (χ4v) is 6.59. The predicted molar refractivity (Wildman–Crippen MR) is 157 cm³/mol. The van der Waals surface area contributed by atoms with Crippen LogP contribution < -0.4 is 0 Å². The Hall–Kier alpha value is -1.80. The number of likely N-dealkylation sites (tertiary alicyclic amines) is 2. The highest BCUT2D eigenvalue weighted by Gasteiger charge is 2.48. The number of amides is 3. The fraction of sp³-hybridized carbons (Fsp3) is 0.483. The lowest BCUT2D eigenvalue weighted by Gasteiger charge is -2.34. The second-order valence-electron chi connectivity index (χ2n) is 11.3. The van der Waals surface area contributed by atoms with Gasteiger partial charge in [0, 0.05) is 60.5 Å². The van der Waals surface area contributed by atoms with E-state index in [1.807, 2.05) is 28.9 Å². The van der Waals surface area contributed by atoms with Crippen molar-refractivity contribution >= 4 is 68.5 Å². The lowest BCUT2D eigenvalue weighted by atomic mass is 9.93. The van der Waals surface area contributed by atoms with Gasteiger partial charge in [0.1, 0.15) is 0 Å². The highest BCUT2D eigenvalue weighted by molar-refractivity contribution is 9.10. The molecule has 208 valence electrons. The van der Waals surface area contributed by atoms with Crippen LogP contribution in [0.2, 0.25) is 15.1 Å². The summed E-state index contributed by atoms with van der Waals surface area (Å²) >= 11 is 22.1. The molecule has 0 radical (unpaired) electrons. The molecule has 2 heterocycles. The number of carbonyl (C=O) groups is 3. The molecule has 6 nitrogen and oxygen atoms in total. The van der Waals surface area contributed by atoms with E-state index in [9.17, 15) is 14.4 Å². The van der Waals surface area contributed by atoms with Gasteiger partial charge < -0.3 is 14.7 Å². The average Bonchev–Trinajstić information content (AvgIpc) is 3.53. The number of piperidine rings is 1. The average molecular weight is 656 g/mol. The number of carbonyl (C=O) groups excluding carboxylic acids is 3. The van der Waals surface area contributed by atoms with Gasteiger partial charge in [-0.15, -0.1) is 0 Å². The van der Waals surface area contributed by atoms with Gasteiger partial charge in [0.15, 0.2) is 0 Å². The summed E-state index contributed by atoms with van der Waals surface area (Å²) in [5.41, 5.74) is 1.25. The highest BCUT2D eigenvalue weighted by Crippen LogP contribution is 2.47. The predicted octanol–water partition coefficient (Wildman–Crippen LogP) is 6.51. The summed E-state index contributed by atoms with van der Waals surface area (Å²) in [6, 6.07) is 10.3. The molecule has 39 heavy (non-hydrogen) atoms. The Bertz CT molecular complexity index is 1310. The topological polar surface area (TPSA) is 60.9 Å². The summed E-state index contributed by atoms with van der Waals surface area (Å²) in [5, 5.41) is 1.42. The number of nitrogens with zero attached hydrogens (tertiary/aromatic N) is 3. The van der Waals surface area contributed by atoms with Crippen LogP contribution in [-0.4, -0.2) is 71.7 Å². The Balaban J connectivity index is 1.34. The van der Waals surface area contributed by atoms with E-state index in [1.165, 1.54) is 0 Å². The minimum atomic E-state index is -0.260. The van der Waals surface area contributed by atoms with Crippen LogP contribution in [0, 0.1) is 11.3 Å². The third-order valence-corrected chi connectivity index (χ3v) is 10.6. The van der Waals surface area contributed by atoms with Crippen molar-refractivity contribution in [2.45, 2.75) is 44.6 Å². The van der Waals surface area contributed by atoms with Gasteiger partial charge in [0.05, 0.1) is 21.1 Å². The molecule has 3 amide bonds. The molecule has 0 unspecified atom stereocenters. The Morgan fingerprint density at radius 3 is 2.21 bits per heavy atom. The van der Waals surface area contributed by atoms with Gasteiger partial charge in [-0.25, -0.2) is 0 Å². The van der Waals surface area contributed by atoms with Gasteiger partial charge in [0.25, 0.3) is 5.91 Å². The molecule has 2 aromatic rings. The monoisotopic (exact) mass is 653 g/mol. The summed E-state index contributed by atoms with van der Waals surface area (Å²) in [4.78, 5) is 45.5. The van der Waals surface area contributed by atoms with Crippen molar-refractivity contribution in [1.29, 1.82) is 0 Å². The molecule has 2 saturated heterocycles. The number of likely N-dealkylation sites (N-methyl/N-ethyl adjacent to an activating group) is 1. The third kappa shape index (κ3) is 5.83. The second kappa shape index (κ2) is 11.2. The van der Waals surface area contributed by atoms with Crippen LogP contribution in [0.15, 0.2) is 40.9 Å². The van der Waals surface area contributed by atoms with Crippen LogP contribution >= 0.6 is 50.7 Å². The van der Waals surface area contributed by atoms with Crippen LogP contribution in [0.25, 0.3) is 0 Å². The molecular formula is C29H31BrCl3N3O3.